The summed E-state index contributed by atoms with van der Waals surface area (Å²) in [5, 5.41) is 2.76. The maximum Gasteiger partial charge on any atom is 0.330 e. The Morgan fingerprint density at radius 1 is 1.04 bits per heavy atom. The Balaban J connectivity index is 1.12. The van der Waals surface area contributed by atoms with Crippen LogP contribution in [0.4, 0.5) is 20.3 Å². The SMILES string of the molecule is CCCCOc1nc(N)c2c(n1)n(Cc1ccc(CN3CCC(CCNC(=O)c4cc(F)c(N)c(F)c4)CC3)cc1)c(=O)n2C. The van der Waals surface area contributed by atoms with E-state index in [0.29, 0.717) is 36.8 Å². The van der Waals surface area contributed by atoms with Crippen molar-refractivity contribution in [2.45, 2.75) is 52.1 Å². The Morgan fingerprint density at radius 2 is 1.69 bits per heavy atom. The molecule has 0 unspecified atom stereocenters. The number of likely N-dealkylation sites (tertiary alicyclic amines) is 1. The van der Waals surface area contributed by atoms with Gasteiger partial charge in [0.05, 0.1) is 13.2 Å². The number of anilines is 2. The number of halogens is 2. The molecule has 11 nitrogen and oxygen atoms in total. The van der Waals surface area contributed by atoms with E-state index in [1.165, 1.54) is 10.1 Å². The molecular formula is C32H40F2N8O3. The summed E-state index contributed by atoms with van der Waals surface area (Å²) in [6.45, 7) is 6.00. The number of nitrogens with one attached hydrogen (secondary N) is 1. The first-order valence-corrected chi connectivity index (χ1v) is 15.3. The summed E-state index contributed by atoms with van der Waals surface area (Å²) in [5.74, 6) is -1.73. The van der Waals surface area contributed by atoms with Gasteiger partial charge in [-0.1, -0.05) is 37.6 Å². The van der Waals surface area contributed by atoms with Crippen LogP contribution < -0.4 is 27.2 Å². The molecule has 5 N–H and O–H groups in total. The third-order valence-electron chi connectivity index (χ3n) is 8.37. The lowest BCUT2D eigenvalue weighted by atomic mass is 9.93. The summed E-state index contributed by atoms with van der Waals surface area (Å²) in [6, 6.07) is 10.3. The fraction of sp³-hybridized carbons (Fsp3) is 0.438. The average molecular weight is 623 g/mol. The predicted octanol–water partition coefficient (Wildman–Crippen LogP) is 3.83. The number of fused-ring (bicyclic) bond motifs is 1. The van der Waals surface area contributed by atoms with Crippen LogP contribution in [0.5, 0.6) is 6.01 Å². The van der Waals surface area contributed by atoms with Gasteiger partial charge < -0.3 is 21.5 Å². The number of piperidine rings is 1. The molecule has 13 heteroatoms. The normalized spacial score (nSPS) is 14.2. The molecule has 4 aromatic rings. The van der Waals surface area contributed by atoms with Gasteiger partial charge in [0.15, 0.2) is 11.5 Å². The molecule has 1 aliphatic rings. The minimum atomic E-state index is -0.940. The van der Waals surface area contributed by atoms with Crippen LogP contribution in [-0.2, 0) is 20.1 Å². The first kappa shape index (κ1) is 31.9. The maximum absolute atomic E-state index is 13.7. The van der Waals surface area contributed by atoms with E-state index in [1.54, 1.807) is 11.6 Å². The second-order valence-corrected chi connectivity index (χ2v) is 11.6. The van der Waals surface area contributed by atoms with Crippen molar-refractivity contribution in [1.29, 1.82) is 0 Å². The predicted molar refractivity (Wildman–Crippen MR) is 169 cm³/mol. The monoisotopic (exact) mass is 622 g/mol. The first-order valence-electron chi connectivity index (χ1n) is 15.3. The van der Waals surface area contributed by atoms with Crippen molar-refractivity contribution in [3.05, 3.63) is 75.2 Å². The molecule has 0 spiro atoms. The van der Waals surface area contributed by atoms with Crippen molar-refractivity contribution >= 4 is 28.6 Å². The maximum atomic E-state index is 13.7. The van der Waals surface area contributed by atoms with Crippen LogP contribution in [0.25, 0.3) is 11.2 Å². The van der Waals surface area contributed by atoms with Crippen LogP contribution in [0.15, 0.2) is 41.2 Å². The van der Waals surface area contributed by atoms with Gasteiger partial charge >= 0.3 is 11.7 Å². The molecule has 1 saturated heterocycles. The standard InChI is InChI=1S/C32H40F2N8O3/c1-3-4-15-45-31-38-28(36)27-29(39-31)42(32(44)40(27)2)19-22-7-5-21(6-8-22)18-41-13-10-20(11-14-41)9-12-37-30(43)23-16-24(33)26(35)25(34)17-23/h5-8,16-17,20H,3-4,9-15,18-19,35H2,1-2H3,(H,37,43)(H2,36,38,39). The van der Waals surface area contributed by atoms with Crippen molar-refractivity contribution in [1.82, 2.24) is 29.3 Å². The molecule has 0 aliphatic carbocycles. The molecule has 5 rings (SSSR count). The highest BCUT2D eigenvalue weighted by molar-refractivity contribution is 5.94. The van der Waals surface area contributed by atoms with E-state index in [4.69, 9.17) is 16.2 Å². The third-order valence-corrected chi connectivity index (χ3v) is 8.37. The van der Waals surface area contributed by atoms with Gasteiger partial charge in [-0.3, -0.25) is 18.8 Å². The average Bonchev–Trinajstić information content (AvgIpc) is 3.26. The number of carbonyl (C=O) groups excluding carboxylic acids is 1. The molecule has 2 aromatic carbocycles. The number of rotatable bonds is 12. The highest BCUT2D eigenvalue weighted by Gasteiger charge is 2.21. The highest BCUT2D eigenvalue weighted by Crippen LogP contribution is 2.23. The molecule has 0 saturated carbocycles. The van der Waals surface area contributed by atoms with Gasteiger partial charge in [0.1, 0.15) is 22.8 Å². The van der Waals surface area contributed by atoms with Gasteiger partial charge in [-0.15, -0.1) is 0 Å². The summed E-state index contributed by atoms with van der Waals surface area (Å²) in [4.78, 5) is 36.5. The quantitative estimate of drug-likeness (QED) is 0.160. The summed E-state index contributed by atoms with van der Waals surface area (Å²) in [7, 11) is 1.66. The zero-order valence-corrected chi connectivity index (χ0v) is 25.7. The fourth-order valence-corrected chi connectivity index (χ4v) is 5.66. The fourth-order valence-electron chi connectivity index (χ4n) is 5.66. The molecule has 1 fully saturated rings. The number of unbranched alkanes of at least 4 members (excludes halogenated alkanes) is 1. The largest absolute Gasteiger partial charge is 0.463 e. The van der Waals surface area contributed by atoms with E-state index >= 15 is 0 Å². The summed E-state index contributed by atoms with van der Waals surface area (Å²) in [6.07, 6.45) is 4.64. The van der Waals surface area contributed by atoms with E-state index < -0.39 is 23.2 Å². The topological polar surface area (TPSA) is 146 Å². The molecule has 0 bridgehead atoms. The second kappa shape index (κ2) is 14.1. The number of nitrogen functional groups attached to an aromatic ring is 2. The van der Waals surface area contributed by atoms with Crippen molar-refractivity contribution < 1.29 is 18.3 Å². The highest BCUT2D eigenvalue weighted by atomic mass is 19.1. The van der Waals surface area contributed by atoms with Crippen molar-refractivity contribution in [2.75, 3.05) is 37.7 Å². The summed E-state index contributed by atoms with van der Waals surface area (Å²) >= 11 is 0. The number of amides is 1. The van der Waals surface area contributed by atoms with Crippen molar-refractivity contribution in [3.63, 3.8) is 0 Å². The van der Waals surface area contributed by atoms with Gasteiger partial charge in [-0.05, 0) is 68.0 Å². The molecular weight excluding hydrogens is 582 g/mol. The Bertz CT molecular complexity index is 1690. The second-order valence-electron chi connectivity index (χ2n) is 11.6. The lowest BCUT2D eigenvalue weighted by Gasteiger charge is -2.32. The van der Waals surface area contributed by atoms with Crippen LogP contribution in [0.3, 0.4) is 0 Å². The van der Waals surface area contributed by atoms with E-state index in [0.717, 1.165) is 69.4 Å². The number of nitrogens with zero attached hydrogens (tertiary/aromatic N) is 5. The Hall–Kier alpha value is -4.52. The van der Waals surface area contributed by atoms with E-state index in [9.17, 15) is 18.4 Å². The zero-order chi connectivity index (χ0) is 32.1. The minimum absolute atomic E-state index is 0.0792. The number of benzene rings is 2. The molecule has 1 amide bonds. The van der Waals surface area contributed by atoms with Crippen LogP contribution in [0.1, 0.15) is 60.5 Å². The molecule has 0 atom stereocenters. The molecule has 2 aromatic heterocycles. The third kappa shape index (κ3) is 7.42. The number of imidazole rings is 1. The van der Waals surface area contributed by atoms with Crippen molar-refractivity contribution in [3.8, 4) is 6.01 Å². The van der Waals surface area contributed by atoms with Gasteiger partial charge in [0.2, 0.25) is 0 Å². The number of aryl methyl sites for hydroxylation is 1. The number of ether oxygens (including phenoxy) is 1. The number of hydrogen-bond donors (Lipinski definition) is 3. The van der Waals surface area contributed by atoms with Gasteiger partial charge in [-0.25, -0.2) is 13.6 Å². The lowest BCUT2D eigenvalue weighted by molar-refractivity contribution is 0.0946. The molecule has 0 radical (unpaired) electrons. The Kier molecular flexibility index (Phi) is 9.96. The first-order chi connectivity index (χ1) is 21.6. The van der Waals surface area contributed by atoms with E-state index in [-0.39, 0.29) is 23.1 Å². The molecule has 1 aliphatic heterocycles. The number of hydrogen-bond acceptors (Lipinski definition) is 8. The van der Waals surface area contributed by atoms with Crippen LogP contribution >= 0.6 is 0 Å². The van der Waals surface area contributed by atoms with Gasteiger partial charge in [0, 0.05) is 25.7 Å². The Labute approximate surface area is 260 Å². The summed E-state index contributed by atoms with van der Waals surface area (Å²) < 4.78 is 36.1. The van der Waals surface area contributed by atoms with Crippen LogP contribution in [0, 0.1) is 17.6 Å². The van der Waals surface area contributed by atoms with E-state index in [2.05, 4.69) is 39.2 Å². The zero-order valence-electron chi connectivity index (χ0n) is 25.7. The number of carbonyl (C=O) groups is 1. The molecule has 240 valence electrons. The van der Waals surface area contributed by atoms with Gasteiger partial charge in [-0.2, -0.15) is 9.97 Å². The Morgan fingerprint density at radius 3 is 2.33 bits per heavy atom. The summed E-state index contributed by atoms with van der Waals surface area (Å²) in [5.41, 5.74) is 13.6. The lowest BCUT2D eigenvalue weighted by Crippen LogP contribution is -2.35. The van der Waals surface area contributed by atoms with Crippen molar-refractivity contribution in [2.24, 2.45) is 13.0 Å². The molecule has 3 heterocycles. The smallest absolute Gasteiger partial charge is 0.330 e. The van der Waals surface area contributed by atoms with Crippen LogP contribution in [-0.4, -0.2) is 56.2 Å². The minimum Gasteiger partial charge on any atom is -0.463 e. The number of nitrogens with two attached hydrogens (primary N) is 2. The van der Waals surface area contributed by atoms with E-state index in [1.807, 2.05) is 12.1 Å². The molecule has 45 heavy (non-hydrogen) atoms. The number of aromatic nitrogens is 4. The van der Waals surface area contributed by atoms with Gasteiger partial charge in [0.25, 0.3) is 5.91 Å². The van der Waals surface area contributed by atoms with Crippen LogP contribution in [0.2, 0.25) is 0 Å².